The SMILES string of the molecule is NCc1ccc(Cl)cc1Sc1nc2ccccc2o1. The third kappa shape index (κ3) is 2.61. The molecule has 3 aromatic rings. The number of hydrogen-bond donors (Lipinski definition) is 1. The zero-order chi connectivity index (χ0) is 13.2. The highest BCUT2D eigenvalue weighted by molar-refractivity contribution is 7.99. The van der Waals surface area contributed by atoms with Gasteiger partial charge in [-0.1, -0.05) is 29.8 Å². The molecule has 0 spiro atoms. The fraction of sp³-hybridized carbons (Fsp3) is 0.0714. The summed E-state index contributed by atoms with van der Waals surface area (Å²) in [5.41, 5.74) is 8.37. The predicted octanol–water partition coefficient (Wildman–Crippen LogP) is 4.09. The molecule has 0 aliphatic rings. The first-order chi connectivity index (χ1) is 9.26. The quantitative estimate of drug-likeness (QED) is 0.789. The van der Waals surface area contributed by atoms with Gasteiger partial charge in [-0.2, -0.15) is 0 Å². The van der Waals surface area contributed by atoms with Crippen molar-refractivity contribution in [3.05, 3.63) is 53.1 Å². The summed E-state index contributed by atoms with van der Waals surface area (Å²) in [6, 6.07) is 13.3. The van der Waals surface area contributed by atoms with E-state index in [2.05, 4.69) is 4.98 Å². The molecule has 19 heavy (non-hydrogen) atoms. The van der Waals surface area contributed by atoms with Gasteiger partial charge in [0.15, 0.2) is 5.58 Å². The van der Waals surface area contributed by atoms with Gasteiger partial charge in [0.1, 0.15) is 5.52 Å². The summed E-state index contributed by atoms with van der Waals surface area (Å²) in [7, 11) is 0. The monoisotopic (exact) mass is 290 g/mol. The largest absolute Gasteiger partial charge is 0.431 e. The van der Waals surface area contributed by atoms with Gasteiger partial charge in [-0.15, -0.1) is 0 Å². The lowest BCUT2D eigenvalue weighted by Gasteiger charge is -2.05. The minimum absolute atomic E-state index is 0.458. The maximum atomic E-state index is 6.01. The van der Waals surface area contributed by atoms with Gasteiger partial charge in [0.25, 0.3) is 5.22 Å². The second kappa shape index (κ2) is 5.25. The molecule has 3 rings (SSSR count). The number of benzene rings is 2. The predicted molar refractivity (Wildman–Crippen MR) is 77.5 cm³/mol. The van der Waals surface area contributed by atoms with Crippen molar-refractivity contribution in [3.8, 4) is 0 Å². The highest BCUT2D eigenvalue weighted by Crippen LogP contribution is 2.33. The lowest BCUT2D eigenvalue weighted by atomic mass is 10.2. The van der Waals surface area contributed by atoms with Gasteiger partial charge in [0.05, 0.1) is 0 Å². The second-order valence-electron chi connectivity index (χ2n) is 4.01. The van der Waals surface area contributed by atoms with E-state index >= 15 is 0 Å². The lowest BCUT2D eigenvalue weighted by molar-refractivity contribution is 0.489. The molecule has 0 atom stereocenters. The lowest BCUT2D eigenvalue weighted by Crippen LogP contribution is -1.97. The van der Waals surface area contributed by atoms with E-state index in [1.807, 2.05) is 42.5 Å². The number of fused-ring (bicyclic) bond motifs is 1. The number of aromatic nitrogens is 1. The first-order valence-corrected chi connectivity index (χ1v) is 6.97. The van der Waals surface area contributed by atoms with E-state index in [9.17, 15) is 0 Å². The normalized spacial score (nSPS) is 11.1. The van der Waals surface area contributed by atoms with Gasteiger partial charge in [-0.3, -0.25) is 0 Å². The van der Waals surface area contributed by atoms with Crippen LogP contribution in [0.2, 0.25) is 5.02 Å². The highest BCUT2D eigenvalue weighted by atomic mass is 35.5. The molecule has 0 saturated carbocycles. The number of para-hydroxylation sites is 2. The van der Waals surface area contributed by atoms with Gasteiger partial charge < -0.3 is 10.2 Å². The Kier molecular flexibility index (Phi) is 3.46. The molecule has 1 heterocycles. The van der Waals surface area contributed by atoms with Gasteiger partial charge in [-0.05, 0) is 41.6 Å². The highest BCUT2D eigenvalue weighted by Gasteiger charge is 2.10. The topological polar surface area (TPSA) is 52.0 Å². The Morgan fingerprint density at radius 1 is 1.21 bits per heavy atom. The Bertz CT molecular complexity index is 693. The van der Waals surface area contributed by atoms with E-state index in [0.717, 1.165) is 21.6 Å². The molecular weight excluding hydrogens is 280 g/mol. The number of nitrogens with two attached hydrogens (primary N) is 1. The number of nitrogens with zero attached hydrogens (tertiary/aromatic N) is 1. The third-order valence-corrected chi connectivity index (χ3v) is 3.90. The zero-order valence-electron chi connectivity index (χ0n) is 9.97. The molecular formula is C14H11ClN2OS. The maximum absolute atomic E-state index is 6.01. The third-order valence-electron chi connectivity index (χ3n) is 2.72. The van der Waals surface area contributed by atoms with Crippen LogP contribution < -0.4 is 5.73 Å². The Labute approximate surface area is 119 Å². The van der Waals surface area contributed by atoms with E-state index < -0.39 is 0 Å². The average Bonchev–Trinajstić information content (AvgIpc) is 2.81. The molecule has 0 unspecified atom stereocenters. The number of oxazole rings is 1. The van der Waals surface area contributed by atoms with E-state index in [-0.39, 0.29) is 0 Å². The van der Waals surface area contributed by atoms with Gasteiger partial charge in [0, 0.05) is 16.5 Å². The number of hydrogen-bond acceptors (Lipinski definition) is 4. The summed E-state index contributed by atoms with van der Waals surface area (Å²) in [6.07, 6.45) is 0. The van der Waals surface area contributed by atoms with Crippen LogP contribution in [0.4, 0.5) is 0 Å². The van der Waals surface area contributed by atoms with E-state index in [0.29, 0.717) is 16.8 Å². The van der Waals surface area contributed by atoms with Gasteiger partial charge in [-0.25, -0.2) is 4.98 Å². The van der Waals surface area contributed by atoms with Gasteiger partial charge >= 0.3 is 0 Å². The maximum Gasteiger partial charge on any atom is 0.261 e. The molecule has 0 fully saturated rings. The molecule has 0 bridgehead atoms. The van der Waals surface area contributed by atoms with Crippen molar-refractivity contribution in [1.82, 2.24) is 4.98 Å². The Balaban J connectivity index is 1.98. The Morgan fingerprint density at radius 2 is 2.05 bits per heavy atom. The van der Waals surface area contributed by atoms with Gasteiger partial charge in [0.2, 0.25) is 0 Å². The molecule has 5 heteroatoms. The smallest absolute Gasteiger partial charge is 0.261 e. The standard InChI is InChI=1S/C14H11ClN2OS/c15-10-6-5-9(8-16)13(7-10)19-14-17-11-3-1-2-4-12(11)18-14/h1-7H,8,16H2. The molecule has 96 valence electrons. The molecule has 0 saturated heterocycles. The van der Waals surface area contributed by atoms with E-state index in [1.54, 1.807) is 0 Å². The van der Waals surface area contributed by atoms with Crippen molar-refractivity contribution in [2.24, 2.45) is 5.73 Å². The Morgan fingerprint density at radius 3 is 2.84 bits per heavy atom. The van der Waals surface area contributed by atoms with Crippen LogP contribution in [-0.4, -0.2) is 4.98 Å². The summed E-state index contributed by atoms with van der Waals surface area (Å²) >= 11 is 7.45. The van der Waals surface area contributed by atoms with Crippen LogP contribution in [-0.2, 0) is 6.54 Å². The molecule has 0 radical (unpaired) electrons. The summed E-state index contributed by atoms with van der Waals surface area (Å²) < 4.78 is 5.68. The number of halogens is 1. The molecule has 3 nitrogen and oxygen atoms in total. The van der Waals surface area contributed by atoms with Crippen LogP contribution in [0.25, 0.3) is 11.1 Å². The minimum atomic E-state index is 0.458. The molecule has 0 aliphatic carbocycles. The first-order valence-electron chi connectivity index (χ1n) is 5.78. The van der Waals surface area contributed by atoms with Crippen molar-refractivity contribution in [2.45, 2.75) is 16.7 Å². The van der Waals surface area contributed by atoms with E-state index in [4.69, 9.17) is 21.8 Å². The second-order valence-corrected chi connectivity index (χ2v) is 5.44. The van der Waals surface area contributed by atoms with Crippen molar-refractivity contribution < 1.29 is 4.42 Å². The molecule has 2 aromatic carbocycles. The van der Waals surface area contributed by atoms with E-state index in [1.165, 1.54) is 11.8 Å². The summed E-state index contributed by atoms with van der Waals surface area (Å²) in [5, 5.41) is 1.27. The average molecular weight is 291 g/mol. The summed E-state index contributed by atoms with van der Waals surface area (Å²) in [4.78, 5) is 5.40. The zero-order valence-corrected chi connectivity index (χ0v) is 11.5. The number of rotatable bonds is 3. The van der Waals surface area contributed by atoms with Crippen LogP contribution in [0.1, 0.15) is 5.56 Å². The fourth-order valence-corrected chi connectivity index (χ4v) is 2.95. The summed E-state index contributed by atoms with van der Waals surface area (Å²) in [6.45, 7) is 0.458. The molecule has 0 amide bonds. The van der Waals surface area contributed by atoms with Crippen LogP contribution in [0.15, 0.2) is 57.0 Å². The van der Waals surface area contributed by atoms with Crippen LogP contribution in [0.3, 0.4) is 0 Å². The molecule has 0 aliphatic heterocycles. The Hall–Kier alpha value is -1.49. The van der Waals surface area contributed by atoms with Crippen molar-refractivity contribution >= 4 is 34.5 Å². The first kappa shape index (κ1) is 12.5. The van der Waals surface area contributed by atoms with Crippen molar-refractivity contribution in [3.63, 3.8) is 0 Å². The van der Waals surface area contributed by atoms with Crippen molar-refractivity contribution in [1.29, 1.82) is 0 Å². The molecule has 1 aromatic heterocycles. The van der Waals surface area contributed by atoms with Crippen LogP contribution in [0.5, 0.6) is 0 Å². The van der Waals surface area contributed by atoms with Crippen LogP contribution >= 0.6 is 23.4 Å². The molecule has 2 N–H and O–H groups in total. The minimum Gasteiger partial charge on any atom is -0.431 e. The van der Waals surface area contributed by atoms with Crippen molar-refractivity contribution in [2.75, 3.05) is 0 Å². The fourth-order valence-electron chi connectivity index (χ4n) is 1.78. The van der Waals surface area contributed by atoms with Crippen LogP contribution in [0, 0.1) is 0 Å². The summed E-state index contributed by atoms with van der Waals surface area (Å²) in [5.74, 6) is 0.